The van der Waals surface area contributed by atoms with Gasteiger partial charge in [0, 0.05) is 11.1 Å². The minimum atomic E-state index is 0.559. The van der Waals surface area contributed by atoms with Crippen LogP contribution in [0.25, 0.3) is 11.1 Å². The molecule has 0 aromatic heterocycles. The molecule has 2 aromatic carbocycles. The molecule has 2 nitrogen and oxygen atoms in total. The van der Waals surface area contributed by atoms with Crippen LogP contribution in [0.4, 0.5) is 0 Å². The Morgan fingerprint density at radius 2 is 1.09 bits per heavy atom. The van der Waals surface area contributed by atoms with Crippen molar-refractivity contribution < 1.29 is 9.47 Å². The van der Waals surface area contributed by atoms with Crippen molar-refractivity contribution in [3.05, 3.63) is 59.7 Å². The van der Waals surface area contributed by atoms with Crippen molar-refractivity contribution in [2.45, 2.75) is 26.7 Å². The van der Waals surface area contributed by atoms with E-state index in [-0.39, 0.29) is 0 Å². The third-order valence-corrected chi connectivity index (χ3v) is 4.09. The van der Waals surface area contributed by atoms with Crippen LogP contribution in [-0.4, -0.2) is 13.2 Å². The summed E-state index contributed by atoms with van der Waals surface area (Å²) in [6, 6.07) is 16.6. The molecule has 1 aliphatic rings. The summed E-state index contributed by atoms with van der Waals surface area (Å²) in [5.74, 6) is 1.90. The number of allylic oxidation sites excluding steroid dienone is 2. The first-order chi connectivity index (χ1) is 10.8. The van der Waals surface area contributed by atoms with Crippen LogP contribution in [0.15, 0.2) is 48.5 Å². The molecule has 0 fully saturated rings. The van der Waals surface area contributed by atoms with Crippen LogP contribution in [0.2, 0.25) is 0 Å². The Balaban J connectivity index is 2.27. The molecule has 0 spiro atoms. The monoisotopic (exact) mass is 294 g/mol. The average molecular weight is 294 g/mol. The van der Waals surface area contributed by atoms with E-state index in [1.165, 1.54) is 22.3 Å². The van der Waals surface area contributed by atoms with Crippen molar-refractivity contribution in [2.75, 3.05) is 13.2 Å². The third kappa shape index (κ3) is 2.74. The molecule has 1 heterocycles. The van der Waals surface area contributed by atoms with E-state index in [1.807, 2.05) is 24.3 Å². The summed E-state index contributed by atoms with van der Waals surface area (Å²) in [6.07, 6.45) is 1.94. The number of rotatable bonds is 2. The maximum atomic E-state index is 5.94. The second-order valence-corrected chi connectivity index (χ2v) is 5.35. The van der Waals surface area contributed by atoms with Gasteiger partial charge in [0.25, 0.3) is 0 Å². The lowest BCUT2D eigenvalue weighted by Gasteiger charge is -2.21. The van der Waals surface area contributed by atoms with E-state index in [4.69, 9.17) is 9.47 Å². The second kappa shape index (κ2) is 6.69. The molecule has 0 N–H and O–H groups in total. The molecular weight excluding hydrogens is 272 g/mol. The predicted octanol–water partition coefficient (Wildman–Crippen LogP) is 5.19. The normalized spacial score (nSPS) is 17.7. The maximum Gasteiger partial charge on any atom is 0.126 e. The minimum absolute atomic E-state index is 0.559. The Bertz CT molecular complexity index is 626. The van der Waals surface area contributed by atoms with E-state index < -0.39 is 0 Å². The molecule has 0 unspecified atom stereocenters. The van der Waals surface area contributed by atoms with Gasteiger partial charge in [0.1, 0.15) is 24.7 Å². The van der Waals surface area contributed by atoms with Gasteiger partial charge in [0.15, 0.2) is 0 Å². The summed E-state index contributed by atoms with van der Waals surface area (Å²) >= 11 is 0. The van der Waals surface area contributed by atoms with Crippen molar-refractivity contribution in [3.63, 3.8) is 0 Å². The molecule has 0 radical (unpaired) electrons. The third-order valence-electron chi connectivity index (χ3n) is 4.09. The van der Waals surface area contributed by atoms with E-state index in [0.717, 1.165) is 24.3 Å². The van der Waals surface area contributed by atoms with Gasteiger partial charge < -0.3 is 9.47 Å². The molecule has 0 amide bonds. The fourth-order valence-corrected chi connectivity index (χ4v) is 3.12. The van der Waals surface area contributed by atoms with Crippen LogP contribution in [0.3, 0.4) is 0 Å². The largest absolute Gasteiger partial charge is 0.489 e. The quantitative estimate of drug-likeness (QED) is 0.759. The number of para-hydroxylation sites is 2. The summed E-state index contributed by atoms with van der Waals surface area (Å²) in [5.41, 5.74) is 5.10. The van der Waals surface area contributed by atoms with Crippen LogP contribution in [-0.2, 0) is 0 Å². The van der Waals surface area contributed by atoms with Gasteiger partial charge >= 0.3 is 0 Å². The fourth-order valence-electron chi connectivity index (χ4n) is 3.12. The molecule has 3 rings (SSSR count). The van der Waals surface area contributed by atoms with Gasteiger partial charge in [-0.05, 0) is 36.1 Å². The highest BCUT2D eigenvalue weighted by molar-refractivity contribution is 5.93. The Hall–Kier alpha value is -2.22. The zero-order valence-electron chi connectivity index (χ0n) is 13.3. The zero-order chi connectivity index (χ0) is 15.4. The molecule has 0 saturated carbocycles. The molecular formula is C20H22O2. The summed E-state index contributed by atoms with van der Waals surface area (Å²) < 4.78 is 11.9. The Kier molecular flexibility index (Phi) is 4.47. The Morgan fingerprint density at radius 3 is 1.50 bits per heavy atom. The highest BCUT2D eigenvalue weighted by Gasteiger charge is 2.17. The molecule has 22 heavy (non-hydrogen) atoms. The summed E-state index contributed by atoms with van der Waals surface area (Å²) in [4.78, 5) is 0. The maximum absolute atomic E-state index is 5.94. The number of fused-ring (bicyclic) bond motifs is 2. The van der Waals surface area contributed by atoms with Crippen molar-refractivity contribution in [3.8, 4) is 11.5 Å². The molecule has 0 aliphatic carbocycles. The SMILES string of the molecule is CC/C1=C(\CC)c2ccccc2OCCOc2ccccc21. The molecule has 2 heteroatoms. The van der Waals surface area contributed by atoms with Gasteiger partial charge in [0.2, 0.25) is 0 Å². The molecule has 0 saturated heterocycles. The highest BCUT2D eigenvalue weighted by Crippen LogP contribution is 2.39. The van der Waals surface area contributed by atoms with Crippen LogP contribution in [0.5, 0.6) is 11.5 Å². The van der Waals surface area contributed by atoms with E-state index in [1.54, 1.807) is 0 Å². The topological polar surface area (TPSA) is 18.5 Å². The number of benzene rings is 2. The number of ether oxygens (including phenoxy) is 2. The van der Waals surface area contributed by atoms with Gasteiger partial charge in [-0.15, -0.1) is 0 Å². The molecule has 1 aliphatic heterocycles. The lowest BCUT2D eigenvalue weighted by atomic mass is 9.90. The number of hydrogen-bond acceptors (Lipinski definition) is 2. The Morgan fingerprint density at radius 1 is 0.682 bits per heavy atom. The van der Waals surface area contributed by atoms with Gasteiger partial charge in [-0.25, -0.2) is 0 Å². The number of hydrogen-bond donors (Lipinski definition) is 0. The lowest BCUT2D eigenvalue weighted by molar-refractivity contribution is 0.216. The van der Waals surface area contributed by atoms with Crippen LogP contribution >= 0.6 is 0 Å². The van der Waals surface area contributed by atoms with Gasteiger partial charge in [-0.3, -0.25) is 0 Å². The van der Waals surface area contributed by atoms with E-state index in [2.05, 4.69) is 38.1 Å². The first kappa shape index (κ1) is 14.7. The van der Waals surface area contributed by atoms with Crippen LogP contribution in [0, 0.1) is 0 Å². The summed E-state index contributed by atoms with van der Waals surface area (Å²) in [5, 5.41) is 0. The molecule has 2 aromatic rings. The predicted molar refractivity (Wildman–Crippen MR) is 91.3 cm³/mol. The van der Waals surface area contributed by atoms with Crippen molar-refractivity contribution in [1.29, 1.82) is 0 Å². The van der Waals surface area contributed by atoms with Gasteiger partial charge in [0.05, 0.1) is 0 Å². The zero-order valence-corrected chi connectivity index (χ0v) is 13.3. The fraction of sp³-hybridized carbons (Fsp3) is 0.300. The highest BCUT2D eigenvalue weighted by atomic mass is 16.5. The first-order valence-electron chi connectivity index (χ1n) is 8.01. The first-order valence-corrected chi connectivity index (χ1v) is 8.01. The summed E-state index contributed by atoms with van der Waals surface area (Å²) in [7, 11) is 0. The van der Waals surface area contributed by atoms with E-state index in [0.29, 0.717) is 13.2 Å². The van der Waals surface area contributed by atoms with Crippen molar-refractivity contribution in [2.24, 2.45) is 0 Å². The molecule has 0 bridgehead atoms. The smallest absolute Gasteiger partial charge is 0.126 e. The summed E-state index contributed by atoms with van der Waals surface area (Å²) in [6.45, 7) is 5.53. The molecule has 0 atom stereocenters. The van der Waals surface area contributed by atoms with Crippen LogP contribution in [0.1, 0.15) is 37.8 Å². The van der Waals surface area contributed by atoms with E-state index in [9.17, 15) is 0 Å². The second-order valence-electron chi connectivity index (χ2n) is 5.35. The lowest BCUT2D eigenvalue weighted by Crippen LogP contribution is -2.12. The van der Waals surface area contributed by atoms with Crippen molar-refractivity contribution in [1.82, 2.24) is 0 Å². The standard InChI is InChI=1S/C20H22O2/c1-3-15-16(4-2)18-10-6-8-12-20(18)22-14-13-21-19-11-7-5-9-17(15)19/h5-12H,3-4,13-14H2,1-2H3/b16-15-. The van der Waals surface area contributed by atoms with Gasteiger partial charge in [-0.1, -0.05) is 50.2 Å². The molecule has 114 valence electrons. The van der Waals surface area contributed by atoms with E-state index >= 15 is 0 Å². The van der Waals surface area contributed by atoms with Crippen LogP contribution < -0.4 is 9.47 Å². The van der Waals surface area contributed by atoms with Gasteiger partial charge in [-0.2, -0.15) is 0 Å². The minimum Gasteiger partial charge on any atom is -0.489 e. The Labute approximate surface area is 132 Å². The van der Waals surface area contributed by atoms with Crippen molar-refractivity contribution >= 4 is 11.1 Å². The average Bonchev–Trinajstić information content (AvgIpc) is 2.57.